The lowest BCUT2D eigenvalue weighted by Gasteiger charge is -2.34. The van der Waals surface area contributed by atoms with Crippen LogP contribution in [0.3, 0.4) is 0 Å². The van der Waals surface area contributed by atoms with Gasteiger partial charge in [-0.3, -0.25) is 4.79 Å². The minimum Gasteiger partial charge on any atom is -0.380 e. The number of halogens is 2. The fourth-order valence-corrected chi connectivity index (χ4v) is 6.42. The Hall–Kier alpha value is -2.36. The maximum absolute atomic E-state index is 15.7. The summed E-state index contributed by atoms with van der Waals surface area (Å²) in [6, 6.07) is 11.0. The van der Waals surface area contributed by atoms with Crippen molar-refractivity contribution in [3.05, 3.63) is 59.9 Å². The number of hydrogen-bond acceptors (Lipinski definition) is 4. The molecule has 1 aliphatic heterocycles. The van der Waals surface area contributed by atoms with E-state index in [1.54, 1.807) is 30.3 Å². The molecule has 35 heavy (non-hydrogen) atoms. The highest BCUT2D eigenvalue weighted by Crippen LogP contribution is 2.56. The summed E-state index contributed by atoms with van der Waals surface area (Å²) in [5, 5.41) is 11.0. The van der Waals surface area contributed by atoms with Crippen LogP contribution in [-0.4, -0.2) is 54.6 Å². The first-order chi connectivity index (χ1) is 16.6. The molecule has 5 rings (SSSR count). The standard InChI is InChI=1S/C26H30F2N2O4S/c1-25(32,19-10-11-19)24(31)30-15-26(12-13-26)23(29-35(33,34)16-27)21(30)14-18-8-5-9-20(22(18)28)17-6-3-2-4-7-17/h2-9,19,21,23,29,32H,10-16H2,1H3/t21-,23+,25?/m0/s1. The number of aliphatic hydroxyl groups is 1. The van der Waals surface area contributed by atoms with Gasteiger partial charge in [0.25, 0.3) is 5.91 Å². The Morgan fingerprint density at radius 1 is 1.17 bits per heavy atom. The first kappa shape index (κ1) is 24.3. The van der Waals surface area contributed by atoms with Crippen molar-refractivity contribution in [3.63, 3.8) is 0 Å². The van der Waals surface area contributed by atoms with Crippen molar-refractivity contribution in [1.82, 2.24) is 9.62 Å². The number of hydrogen-bond donors (Lipinski definition) is 2. The lowest BCUT2D eigenvalue weighted by Crippen LogP contribution is -2.54. The van der Waals surface area contributed by atoms with E-state index in [-0.39, 0.29) is 18.9 Å². The number of amides is 1. The molecule has 3 fully saturated rings. The molecule has 6 nitrogen and oxygen atoms in total. The van der Waals surface area contributed by atoms with Crippen molar-refractivity contribution < 1.29 is 27.1 Å². The van der Waals surface area contributed by atoms with Crippen LogP contribution in [0.1, 0.15) is 38.2 Å². The molecule has 1 spiro atoms. The summed E-state index contributed by atoms with van der Waals surface area (Å²) in [5.74, 6) is -1.06. The van der Waals surface area contributed by atoms with Crippen LogP contribution >= 0.6 is 0 Å². The van der Waals surface area contributed by atoms with Gasteiger partial charge in [-0.2, -0.15) is 0 Å². The van der Waals surface area contributed by atoms with Crippen LogP contribution in [-0.2, 0) is 21.2 Å². The largest absolute Gasteiger partial charge is 0.380 e. The summed E-state index contributed by atoms with van der Waals surface area (Å²) in [5.41, 5.74) is -0.660. The van der Waals surface area contributed by atoms with Crippen molar-refractivity contribution in [2.75, 3.05) is 12.6 Å². The minimum absolute atomic E-state index is 0.0419. The molecule has 2 aliphatic carbocycles. The average molecular weight is 505 g/mol. The molecule has 0 aromatic heterocycles. The van der Waals surface area contributed by atoms with E-state index in [9.17, 15) is 22.7 Å². The monoisotopic (exact) mass is 504 g/mol. The Kier molecular flexibility index (Phi) is 6.01. The van der Waals surface area contributed by atoms with Gasteiger partial charge in [0.15, 0.2) is 0 Å². The molecule has 0 radical (unpaired) electrons. The summed E-state index contributed by atoms with van der Waals surface area (Å²) in [4.78, 5) is 15.1. The molecule has 3 aliphatic rings. The van der Waals surface area contributed by atoms with E-state index in [1.165, 1.54) is 11.8 Å². The zero-order valence-electron chi connectivity index (χ0n) is 19.6. The highest BCUT2D eigenvalue weighted by molar-refractivity contribution is 7.89. The molecule has 2 aromatic rings. The highest BCUT2D eigenvalue weighted by Gasteiger charge is 2.63. The Morgan fingerprint density at radius 3 is 2.46 bits per heavy atom. The van der Waals surface area contributed by atoms with Crippen molar-refractivity contribution in [2.24, 2.45) is 11.3 Å². The number of nitrogens with one attached hydrogen (secondary N) is 1. The molecule has 9 heteroatoms. The smallest absolute Gasteiger partial charge is 0.254 e. The van der Waals surface area contributed by atoms with Gasteiger partial charge in [0.05, 0.1) is 6.04 Å². The van der Waals surface area contributed by atoms with E-state index in [1.807, 2.05) is 18.2 Å². The van der Waals surface area contributed by atoms with E-state index in [4.69, 9.17) is 0 Å². The molecular weight excluding hydrogens is 474 g/mol. The van der Waals surface area contributed by atoms with Crippen LogP contribution in [0.25, 0.3) is 11.1 Å². The van der Waals surface area contributed by atoms with E-state index in [0.717, 1.165) is 12.8 Å². The Labute approximate surface area is 204 Å². The topological polar surface area (TPSA) is 86.7 Å². The first-order valence-electron chi connectivity index (χ1n) is 12.0. The molecule has 1 unspecified atom stereocenters. The van der Waals surface area contributed by atoms with Crippen LogP contribution in [0.2, 0.25) is 0 Å². The Balaban J connectivity index is 1.53. The van der Waals surface area contributed by atoms with Gasteiger partial charge < -0.3 is 10.0 Å². The second kappa shape index (κ2) is 8.64. The third-order valence-electron chi connectivity index (χ3n) is 7.93. The van der Waals surface area contributed by atoms with Crippen molar-refractivity contribution in [3.8, 4) is 11.1 Å². The van der Waals surface area contributed by atoms with Crippen LogP contribution in [0.4, 0.5) is 8.78 Å². The lowest BCUT2D eigenvalue weighted by molar-refractivity contribution is -0.153. The average Bonchev–Trinajstić information content (AvgIpc) is 3.76. The van der Waals surface area contributed by atoms with Gasteiger partial charge in [-0.25, -0.2) is 21.9 Å². The fourth-order valence-electron chi connectivity index (χ4n) is 5.57. The number of carbonyl (C=O) groups excluding carboxylic acids is 1. The highest BCUT2D eigenvalue weighted by atomic mass is 32.2. The molecule has 1 heterocycles. The van der Waals surface area contributed by atoms with Gasteiger partial charge in [-0.1, -0.05) is 48.5 Å². The summed E-state index contributed by atoms with van der Waals surface area (Å²) in [6.45, 7) is 1.75. The zero-order valence-corrected chi connectivity index (χ0v) is 20.4. The molecule has 1 amide bonds. The second-order valence-corrected chi connectivity index (χ2v) is 12.1. The van der Waals surface area contributed by atoms with Crippen molar-refractivity contribution in [2.45, 2.75) is 56.7 Å². The molecule has 1 saturated heterocycles. The van der Waals surface area contributed by atoms with Gasteiger partial charge >= 0.3 is 0 Å². The third kappa shape index (κ3) is 4.49. The van der Waals surface area contributed by atoms with Crippen LogP contribution in [0, 0.1) is 17.2 Å². The van der Waals surface area contributed by atoms with Gasteiger partial charge in [0, 0.05) is 23.6 Å². The Bertz CT molecular complexity index is 1230. The summed E-state index contributed by atoms with van der Waals surface area (Å²) in [7, 11) is -4.22. The quantitative estimate of drug-likeness (QED) is 0.577. The molecule has 2 N–H and O–H groups in total. The molecule has 2 aromatic carbocycles. The SMILES string of the molecule is CC(O)(C(=O)N1CC2(CC2)[C@H](NS(=O)(=O)CF)[C@@H]1Cc1cccc(-c2ccccc2)c1F)C1CC1. The summed E-state index contributed by atoms with van der Waals surface area (Å²) < 4.78 is 56.0. The summed E-state index contributed by atoms with van der Waals surface area (Å²) in [6.07, 6.45) is 2.87. The number of carbonyl (C=O) groups is 1. The molecule has 3 atom stereocenters. The number of nitrogens with zero attached hydrogens (tertiary/aromatic N) is 1. The number of alkyl halides is 1. The van der Waals surface area contributed by atoms with Crippen molar-refractivity contribution >= 4 is 15.9 Å². The number of rotatable bonds is 8. The molecule has 0 bridgehead atoms. The van der Waals surface area contributed by atoms with Gasteiger partial charge in [-0.15, -0.1) is 0 Å². The number of sulfonamides is 1. The molecule has 188 valence electrons. The van der Waals surface area contributed by atoms with Crippen LogP contribution in [0.5, 0.6) is 0 Å². The number of likely N-dealkylation sites (tertiary alicyclic amines) is 1. The Morgan fingerprint density at radius 2 is 1.86 bits per heavy atom. The van der Waals surface area contributed by atoms with Gasteiger partial charge in [0.2, 0.25) is 16.0 Å². The molecule has 2 saturated carbocycles. The normalized spacial score (nSPS) is 25.0. The minimum atomic E-state index is -4.22. The molecular formula is C26H30F2N2O4S. The predicted molar refractivity (Wildman–Crippen MR) is 128 cm³/mol. The van der Waals surface area contributed by atoms with E-state index in [2.05, 4.69) is 4.72 Å². The lowest BCUT2D eigenvalue weighted by atomic mass is 9.91. The van der Waals surface area contributed by atoms with Crippen LogP contribution < -0.4 is 4.72 Å². The van der Waals surface area contributed by atoms with Crippen molar-refractivity contribution in [1.29, 1.82) is 0 Å². The van der Waals surface area contributed by atoms with Gasteiger partial charge in [0.1, 0.15) is 11.4 Å². The maximum Gasteiger partial charge on any atom is 0.254 e. The van der Waals surface area contributed by atoms with Gasteiger partial charge in [-0.05, 0) is 56.1 Å². The first-order valence-corrected chi connectivity index (χ1v) is 13.7. The van der Waals surface area contributed by atoms with E-state index >= 15 is 4.39 Å². The fraction of sp³-hybridized carbons (Fsp3) is 0.500. The maximum atomic E-state index is 15.7. The number of benzene rings is 2. The second-order valence-electron chi connectivity index (χ2n) is 10.5. The summed E-state index contributed by atoms with van der Waals surface area (Å²) >= 11 is 0. The van der Waals surface area contributed by atoms with E-state index < -0.39 is 50.9 Å². The van der Waals surface area contributed by atoms with E-state index in [0.29, 0.717) is 29.5 Å². The zero-order chi connectivity index (χ0) is 25.0. The van der Waals surface area contributed by atoms with Crippen LogP contribution in [0.15, 0.2) is 48.5 Å². The predicted octanol–water partition coefficient (Wildman–Crippen LogP) is 3.40. The third-order valence-corrected chi connectivity index (χ3v) is 8.83.